The third-order valence-corrected chi connectivity index (χ3v) is 1.71. The lowest BCUT2D eigenvalue weighted by molar-refractivity contribution is -0.138. The van der Waals surface area contributed by atoms with Crippen LogP contribution in [0.5, 0.6) is 0 Å². The van der Waals surface area contributed by atoms with E-state index in [0.717, 1.165) is 0 Å². The topological polar surface area (TPSA) is 106 Å². The van der Waals surface area contributed by atoms with Gasteiger partial charge in [-0.15, -0.1) is 0 Å². The van der Waals surface area contributed by atoms with Gasteiger partial charge in [0.25, 0.3) is 0 Å². The van der Waals surface area contributed by atoms with Gasteiger partial charge in [-0.1, -0.05) is 11.6 Å². The molecule has 86 valence electrons. The largest absolute Gasteiger partial charge is 0.480 e. The van der Waals surface area contributed by atoms with Gasteiger partial charge in [0.15, 0.2) is 5.78 Å². The van der Waals surface area contributed by atoms with Crippen LogP contribution in [-0.2, 0) is 4.79 Å². The Balaban J connectivity index is 3.64. The zero-order chi connectivity index (χ0) is 17.6. The van der Waals surface area contributed by atoms with Gasteiger partial charge in [-0.2, -0.15) is 0 Å². The Morgan fingerprint density at radius 1 is 1.69 bits per heavy atom. The highest BCUT2D eigenvalue weighted by atomic mass is 35.5. The minimum absolute atomic E-state index is 0.511. The molecule has 0 heterocycles. The van der Waals surface area contributed by atoms with Crippen LogP contribution in [0, 0.1) is 0 Å². The molecule has 0 aliphatic carbocycles. The Kier molecular flexibility index (Phi) is 1.93. The molecule has 0 aliphatic rings. The molecule has 16 heavy (non-hydrogen) atoms. The van der Waals surface area contributed by atoms with Crippen LogP contribution >= 0.6 is 11.6 Å². The van der Waals surface area contributed by atoms with Crippen LogP contribution in [-0.4, -0.2) is 22.9 Å². The van der Waals surface area contributed by atoms with Gasteiger partial charge < -0.3 is 16.6 Å². The smallest absolute Gasteiger partial charge is 0.320 e. The Bertz CT molecular complexity index is 650. The standard InChI is InChI=1S/C10H11ClN2O3/c11-5-1-2-6(7(12)3-5)9(14)4-8(13)10(15)16/h1-3,8H,4,12-13H2,(H,15,16)/i1D,2D,3D,4D2,8D. The van der Waals surface area contributed by atoms with Gasteiger partial charge in [0.1, 0.15) is 6.02 Å². The number of carboxylic acid groups (broad SMARTS) is 1. The molecule has 0 saturated heterocycles. The van der Waals surface area contributed by atoms with Crippen LogP contribution in [0.25, 0.3) is 0 Å². The van der Waals surface area contributed by atoms with E-state index in [-0.39, 0.29) is 0 Å². The molecule has 5 nitrogen and oxygen atoms in total. The van der Waals surface area contributed by atoms with Gasteiger partial charge in [-0.05, 0) is 18.1 Å². The van der Waals surface area contributed by atoms with E-state index < -0.39 is 58.5 Å². The van der Waals surface area contributed by atoms with Crippen LogP contribution in [0.3, 0.4) is 0 Å². The zero-order valence-corrected chi connectivity index (χ0v) is 8.55. The van der Waals surface area contributed by atoms with E-state index in [1.165, 1.54) is 0 Å². The molecule has 0 amide bonds. The quantitative estimate of drug-likeness (QED) is 0.542. The first kappa shape index (κ1) is 6.22. The highest BCUT2D eigenvalue weighted by Crippen LogP contribution is 2.19. The fourth-order valence-electron chi connectivity index (χ4n) is 0.814. The number of aliphatic carboxylic acids is 1. The number of anilines is 1. The zero-order valence-electron chi connectivity index (χ0n) is 13.8. The third kappa shape index (κ3) is 2.95. The number of Topliss-reactive ketones (excluding diaryl/α,β-unsaturated/α-hetero) is 1. The van der Waals surface area contributed by atoms with E-state index in [9.17, 15) is 9.59 Å². The maximum atomic E-state index is 12.2. The summed E-state index contributed by atoms with van der Waals surface area (Å²) >= 11 is 5.58. The molecule has 5 N–H and O–H groups in total. The number of halogens is 1. The Hall–Kier alpha value is -1.59. The molecule has 0 bridgehead atoms. The van der Waals surface area contributed by atoms with Gasteiger partial charge in [-0.25, -0.2) is 0 Å². The first-order chi connectivity index (χ1) is 9.78. The number of nitrogen functional groups attached to an aromatic ring is 1. The summed E-state index contributed by atoms with van der Waals surface area (Å²) in [6.07, 6.45) is -3.46. The van der Waals surface area contributed by atoms with Crippen LogP contribution in [0.15, 0.2) is 18.1 Å². The minimum atomic E-state index is -3.46. The molecular weight excluding hydrogens is 232 g/mol. The predicted octanol–water partition coefficient (Wildman–Crippen LogP) is 0.907. The van der Waals surface area contributed by atoms with Crippen molar-refractivity contribution in [3.8, 4) is 0 Å². The van der Waals surface area contributed by atoms with Gasteiger partial charge >= 0.3 is 5.97 Å². The van der Waals surface area contributed by atoms with Gasteiger partial charge in [0, 0.05) is 25.4 Å². The minimum Gasteiger partial charge on any atom is -0.480 e. The average Bonchev–Trinajstić information content (AvgIpc) is 2.42. The van der Waals surface area contributed by atoms with E-state index >= 15 is 0 Å². The molecule has 0 spiro atoms. The number of nitrogens with two attached hydrogens (primary N) is 2. The molecule has 0 aromatic heterocycles. The van der Waals surface area contributed by atoms with E-state index in [0.29, 0.717) is 0 Å². The van der Waals surface area contributed by atoms with Crippen molar-refractivity contribution in [1.82, 2.24) is 0 Å². The monoisotopic (exact) mass is 248 g/mol. The van der Waals surface area contributed by atoms with Crippen molar-refractivity contribution in [3.05, 3.63) is 28.7 Å². The molecular formula is C10H11ClN2O3. The summed E-state index contributed by atoms with van der Waals surface area (Å²) in [5.74, 6) is -3.80. The van der Waals surface area contributed by atoms with Gasteiger partial charge in [-0.3, -0.25) is 9.59 Å². The molecule has 6 heteroatoms. The summed E-state index contributed by atoms with van der Waals surface area (Å²) in [5.41, 5.74) is 8.89. The number of carbonyl (C=O) groups excluding carboxylic acids is 1. The highest BCUT2D eigenvalue weighted by molar-refractivity contribution is 6.31. The molecule has 0 fully saturated rings. The van der Waals surface area contributed by atoms with Gasteiger partial charge in [0.05, 0.1) is 5.48 Å². The van der Waals surface area contributed by atoms with Crippen molar-refractivity contribution < 1.29 is 22.9 Å². The molecule has 1 rings (SSSR count). The van der Waals surface area contributed by atoms with Gasteiger partial charge in [0.2, 0.25) is 0 Å². The van der Waals surface area contributed by atoms with Crippen LogP contribution in [0.4, 0.5) is 5.69 Å². The number of hydrogen-bond acceptors (Lipinski definition) is 4. The summed E-state index contributed by atoms with van der Waals surface area (Å²) in [4.78, 5) is 23.1. The predicted molar refractivity (Wildman–Crippen MR) is 60.4 cm³/mol. The highest BCUT2D eigenvalue weighted by Gasteiger charge is 2.18. The molecule has 1 aromatic carbocycles. The second-order valence-corrected chi connectivity index (χ2v) is 3.03. The van der Waals surface area contributed by atoms with Crippen molar-refractivity contribution in [2.75, 3.05) is 5.73 Å². The maximum absolute atomic E-state index is 12.2. The van der Waals surface area contributed by atoms with Crippen LogP contribution in [0.1, 0.15) is 25.0 Å². The Morgan fingerprint density at radius 2 is 2.31 bits per heavy atom. The molecule has 0 radical (unpaired) electrons. The molecule has 1 aromatic rings. The Labute approximate surface area is 105 Å². The van der Waals surface area contributed by atoms with E-state index in [1.54, 1.807) is 0 Å². The number of hydrogen-bond donors (Lipinski definition) is 3. The van der Waals surface area contributed by atoms with E-state index in [2.05, 4.69) is 0 Å². The first-order valence-electron chi connectivity index (χ1n) is 6.90. The number of benzene rings is 1. The summed E-state index contributed by atoms with van der Waals surface area (Å²) in [5, 5.41) is 8.28. The van der Waals surface area contributed by atoms with E-state index in [1.807, 2.05) is 0 Å². The van der Waals surface area contributed by atoms with Crippen molar-refractivity contribution in [2.45, 2.75) is 12.4 Å². The number of rotatable bonds is 4. The number of ketones is 1. The number of carboxylic acids is 1. The lowest BCUT2D eigenvalue weighted by Gasteiger charge is -2.07. The molecule has 1 unspecified atom stereocenters. The summed E-state index contributed by atoms with van der Waals surface area (Å²) < 4.78 is 45.0. The summed E-state index contributed by atoms with van der Waals surface area (Å²) in [6.45, 7) is 0. The van der Waals surface area contributed by atoms with Crippen molar-refractivity contribution in [1.29, 1.82) is 0 Å². The molecule has 0 aliphatic heterocycles. The Morgan fingerprint density at radius 3 is 2.88 bits per heavy atom. The normalized spacial score (nSPS) is 20.4. The van der Waals surface area contributed by atoms with E-state index in [4.69, 9.17) is 36.4 Å². The molecule has 1 atom stereocenters. The van der Waals surface area contributed by atoms with Crippen molar-refractivity contribution in [3.63, 3.8) is 0 Å². The second-order valence-electron chi connectivity index (χ2n) is 2.65. The lowest BCUT2D eigenvalue weighted by atomic mass is 10.0. The maximum Gasteiger partial charge on any atom is 0.320 e. The van der Waals surface area contributed by atoms with Crippen molar-refractivity contribution in [2.24, 2.45) is 5.73 Å². The number of carbonyl (C=O) groups is 2. The summed E-state index contributed by atoms with van der Waals surface area (Å²) in [7, 11) is 0. The first-order valence-corrected chi connectivity index (χ1v) is 4.28. The average molecular weight is 249 g/mol. The van der Waals surface area contributed by atoms with Crippen LogP contribution < -0.4 is 11.5 Å². The van der Waals surface area contributed by atoms with Crippen LogP contribution in [0.2, 0.25) is 5.02 Å². The second kappa shape index (κ2) is 4.96. The third-order valence-electron chi connectivity index (χ3n) is 1.52. The molecule has 0 saturated carbocycles. The summed E-state index contributed by atoms with van der Waals surface area (Å²) in [6, 6.07) is -5.66. The van der Waals surface area contributed by atoms with Crippen molar-refractivity contribution >= 4 is 29.0 Å². The lowest BCUT2D eigenvalue weighted by Crippen LogP contribution is -2.32. The fourth-order valence-corrected chi connectivity index (χ4v) is 0.963. The SMILES string of the molecule is [2H]c1c([2H])c(C(=O)C([2H])([2H])C([2H])(N)C(=O)O)c(N)c([2H])c1Cl. The fraction of sp³-hybridized carbons (Fsp3) is 0.200.